The van der Waals surface area contributed by atoms with Crippen LogP contribution in [0.25, 0.3) is 0 Å². The van der Waals surface area contributed by atoms with Crippen LogP contribution in [0.2, 0.25) is 0 Å². The average Bonchev–Trinajstić information content (AvgIpc) is 3.18. The lowest BCUT2D eigenvalue weighted by molar-refractivity contribution is -0.122. The van der Waals surface area contributed by atoms with Gasteiger partial charge < -0.3 is 14.5 Å². The van der Waals surface area contributed by atoms with Crippen LogP contribution < -0.4 is 10.1 Å². The molecule has 1 N–H and O–H groups in total. The van der Waals surface area contributed by atoms with Crippen LogP contribution in [0, 0.1) is 5.82 Å². The summed E-state index contributed by atoms with van der Waals surface area (Å²) in [4.78, 5) is 12.8. The van der Waals surface area contributed by atoms with Gasteiger partial charge in [0.15, 0.2) is 0 Å². The second-order valence-corrected chi connectivity index (χ2v) is 5.92. The molecule has 2 aromatic carbocycles. The van der Waals surface area contributed by atoms with Crippen molar-refractivity contribution >= 4 is 5.91 Å². The summed E-state index contributed by atoms with van der Waals surface area (Å²) in [5.74, 6) is 0.458. The number of furan rings is 1. The average molecular weight is 353 g/mol. The number of carbonyl (C=O) groups is 1. The number of nitrogens with one attached hydrogen (secondary N) is 1. The maximum absolute atomic E-state index is 13.2. The Balaban J connectivity index is 1.77. The third-order valence-electron chi connectivity index (χ3n) is 4.22. The summed E-state index contributed by atoms with van der Waals surface area (Å²) in [6.07, 6.45) is 1.97. The van der Waals surface area contributed by atoms with E-state index in [0.717, 1.165) is 16.9 Å². The van der Waals surface area contributed by atoms with E-state index in [9.17, 15) is 9.18 Å². The highest BCUT2D eigenvalue weighted by Crippen LogP contribution is 2.23. The molecular formula is C21H20FNO3. The second kappa shape index (κ2) is 8.34. The van der Waals surface area contributed by atoms with Crippen LogP contribution in [0.15, 0.2) is 71.3 Å². The molecule has 0 spiro atoms. The molecule has 3 aromatic rings. The van der Waals surface area contributed by atoms with Crippen molar-refractivity contribution < 1.29 is 18.3 Å². The summed E-state index contributed by atoms with van der Waals surface area (Å²) in [6.45, 7) is 0.346. The first kappa shape index (κ1) is 17.7. The minimum Gasteiger partial charge on any atom is -0.496 e. The van der Waals surface area contributed by atoms with E-state index in [0.29, 0.717) is 18.7 Å². The number of benzene rings is 2. The van der Waals surface area contributed by atoms with Gasteiger partial charge in [-0.05, 0) is 35.9 Å². The van der Waals surface area contributed by atoms with Crippen molar-refractivity contribution in [2.24, 2.45) is 0 Å². The SMILES string of the molecule is COc1ccccc1CNC(=O)C(Cc1ccco1)c1ccc(F)cc1. The molecule has 4 nitrogen and oxygen atoms in total. The van der Waals surface area contributed by atoms with Gasteiger partial charge in [-0.25, -0.2) is 4.39 Å². The Morgan fingerprint density at radius 1 is 1.12 bits per heavy atom. The fraction of sp³-hybridized carbons (Fsp3) is 0.190. The van der Waals surface area contributed by atoms with Crippen LogP contribution in [-0.2, 0) is 17.8 Å². The summed E-state index contributed by atoms with van der Waals surface area (Å²) >= 11 is 0. The zero-order chi connectivity index (χ0) is 18.4. The molecule has 3 rings (SSSR count). The number of methoxy groups -OCH3 is 1. The number of carbonyl (C=O) groups excluding carboxylic acids is 1. The van der Waals surface area contributed by atoms with Gasteiger partial charge in [0.2, 0.25) is 5.91 Å². The highest BCUT2D eigenvalue weighted by molar-refractivity contribution is 5.84. The Kier molecular flexibility index (Phi) is 5.69. The highest BCUT2D eigenvalue weighted by atomic mass is 19.1. The quantitative estimate of drug-likeness (QED) is 0.697. The molecule has 0 aliphatic carbocycles. The molecule has 1 atom stereocenters. The third kappa shape index (κ3) is 4.30. The summed E-state index contributed by atoms with van der Waals surface area (Å²) < 4.78 is 23.9. The van der Waals surface area contributed by atoms with Crippen molar-refractivity contribution in [1.82, 2.24) is 5.32 Å². The van der Waals surface area contributed by atoms with Crippen molar-refractivity contribution in [2.75, 3.05) is 7.11 Å². The van der Waals surface area contributed by atoms with Gasteiger partial charge in [-0.1, -0.05) is 30.3 Å². The zero-order valence-corrected chi connectivity index (χ0v) is 14.4. The van der Waals surface area contributed by atoms with Gasteiger partial charge in [-0.3, -0.25) is 4.79 Å². The molecule has 1 aromatic heterocycles. The predicted octanol–water partition coefficient (Wildman–Crippen LogP) is 4.07. The highest BCUT2D eigenvalue weighted by Gasteiger charge is 2.22. The summed E-state index contributed by atoms with van der Waals surface area (Å²) in [5, 5.41) is 2.94. The fourth-order valence-corrected chi connectivity index (χ4v) is 2.84. The molecule has 0 saturated carbocycles. The summed E-state index contributed by atoms with van der Waals surface area (Å²) in [6, 6.07) is 17.1. The topological polar surface area (TPSA) is 51.5 Å². The monoisotopic (exact) mass is 353 g/mol. The Bertz CT molecular complexity index is 844. The molecule has 26 heavy (non-hydrogen) atoms. The van der Waals surface area contributed by atoms with E-state index < -0.39 is 5.92 Å². The van der Waals surface area contributed by atoms with Gasteiger partial charge in [0.1, 0.15) is 17.3 Å². The standard InChI is InChI=1S/C21H20FNO3/c1-25-20-7-3-2-5-16(20)14-23-21(24)19(13-18-6-4-12-26-18)15-8-10-17(22)11-9-15/h2-12,19H,13-14H2,1H3,(H,23,24). The summed E-state index contributed by atoms with van der Waals surface area (Å²) in [7, 11) is 1.60. The molecule has 0 bridgehead atoms. The van der Waals surface area contributed by atoms with Crippen molar-refractivity contribution in [3.63, 3.8) is 0 Å². The van der Waals surface area contributed by atoms with E-state index in [4.69, 9.17) is 9.15 Å². The van der Waals surface area contributed by atoms with E-state index in [1.165, 1.54) is 12.1 Å². The maximum Gasteiger partial charge on any atom is 0.228 e. The normalized spacial score (nSPS) is 11.8. The lowest BCUT2D eigenvalue weighted by Crippen LogP contribution is -2.30. The number of hydrogen-bond donors (Lipinski definition) is 1. The molecule has 0 aliphatic rings. The van der Waals surface area contributed by atoms with Crippen molar-refractivity contribution in [1.29, 1.82) is 0 Å². The van der Waals surface area contributed by atoms with Crippen molar-refractivity contribution in [3.8, 4) is 5.75 Å². The van der Waals surface area contributed by atoms with Crippen LogP contribution in [0.1, 0.15) is 22.8 Å². The number of amides is 1. The van der Waals surface area contributed by atoms with Crippen LogP contribution in [0.3, 0.4) is 0 Å². The number of para-hydroxylation sites is 1. The van der Waals surface area contributed by atoms with Gasteiger partial charge in [0.05, 0.1) is 19.3 Å². The minimum atomic E-state index is -0.476. The van der Waals surface area contributed by atoms with Crippen molar-refractivity contribution in [3.05, 3.63) is 89.6 Å². The minimum absolute atomic E-state index is 0.154. The predicted molar refractivity (Wildman–Crippen MR) is 96.4 cm³/mol. The van der Waals surface area contributed by atoms with E-state index in [1.807, 2.05) is 30.3 Å². The first-order valence-corrected chi connectivity index (χ1v) is 8.35. The van der Waals surface area contributed by atoms with Gasteiger partial charge in [0, 0.05) is 18.5 Å². The maximum atomic E-state index is 13.2. The Morgan fingerprint density at radius 3 is 2.58 bits per heavy atom. The van der Waals surface area contributed by atoms with E-state index in [-0.39, 0.29) is 11.7 Å². The molecular weight excluding hydrogens is 333 g/mol. The first-order valence-electron chi connectivity index (χ1n) is 8.35. The number of ether oxygens (including phenoxy) is 1. The summed E-state index contributed by atoms with van der Waals surface area (Å²) in [5.41, 5.74) is 1.62. The number of rotatable bonds is 7. The molecule has 0 saturated heterocycles. The molecule has 1 unspecified atom stereocenters. The van der Waals surface area contributed by atoms with Crippen molar-refractivity contribution in [2.45, 2.75) is 18.9 Å². The van der Waals surface area contributed by atoms with E-state index in [2.05, 4.69) is 5.32 Å². The van der Waals surface area contributed by atoms with E-state index >= 15 is 0 Å². The van der Waals surface area contributed by atoms with Gasteiger partial charge in [-0.2, -0.15) is 0 Å². The van der Waals surface area contributed by atoms with Gasteiger partial charge in [-0.15, -0.1) is 0 Å². The van der Waals surface area contributed by atoms with Crippen LogP contribution >= 0.6 is 0 Å². The molecule has 5 heteroatoms. The van der Waals surface area contributed by atoms with Gasteiger partial charge >= 0.3 is 0 Å². The molecule has 134 valence electrons. The Morgan fingerprint density at radius 2 is 1.88 bits per heavy atom. The largest absolute Gasteiger partial charge is 0.496 e. The first-order chi connectivity index (χ1) is 12.7. The zero-order valence-electron chi connectivity index (χ0n) is 14.4. The van der Waals surface area contributed by atoms with Crippen LogP contribution in [0.5, 0.6) is 5.75 Å². The Hall–Kier alpha value is -3.08. The lowest BCUT2D eigenvalue weighted by atomic mass is 9.93. The lowest BCUT2D eigenvalue weighted by Gasteiger charge is -2.17. The molecule has 0 aliphatic heterocycles. The smallest absolute Gasteiger partial charge is 0.228 e. The van der Waals surface area contributed by atoms with E-state index in [1.54, 1.807) is 31.6 Å². The van der Waals surface area contributed by atoms with Crippen LogP contribution in [0.4, 0.5) is 4.39 Å². The number of hydrogen-bond acceptors (Lipinski definition) is 3. The molecule has 0 fully saturated rings. The van der Waals surface area contributed by atoms with Crippen LogP contribution in [-0.4, -0.2) is 13.0 Å². The Labute approximate surface area is 151 Å². The number of halogens is 1. The second-order valence-electron chi connectivity index (χ2n) is 5.92. The molecule has 1 amide bonds. The fourth-order valence-electron chi connectivity index (χ4n) is 2.84. The molecule has 0 radical (unpaired) electrons. The van der Waals surface area contributed by atoms with Gasteiger partial charge in [0.25, 0.3) is 0 Å². The molecule has 1 heterocycles. The third-order valence-corrected chi connectivity index (χ3v) is 4.22.